The van der Waals surface area contributed by atoms with Gasteiger partial charge in [-0.15, -0.1) is 11.8 Å². The van der Waals surface area contributed by atoms with Gasteiger partial charge in [0, 0.05) is 31.3 Å². The smallest absolute Gasteiger partial charge is 0.243 e. The molecule has 1 aliphatic heterocycles. The van der Waals surface area contributed by atoms with E-state index in [9.17, 15) is 9.59 Å². The van der Waals surface area contributed by atoms with Crippen molar-refractivity contribution >= 4 is 23.6 Å². The molecule has 0 aromatic heterocycles. The number of rotatable bonds is 6. The Hall–Kier alpha value is -0.750. The number of hydrogen-bond acceptors (Lipinski definition) is 4. The molecular weight excluding hydrogens is 298 g/mol. The van der Waals surface area contributed by atoms with E-state index >= 15 is 0 Å². The lowest BCUT2D eigenvalue weighted by Crippen LogP contribution is -2.48. The topological polar surface area (TPSA) is 61.4 Å². The van der Waals surface area contributed by atoms with E-state index in [1.54, 1.807) is 16.7 Å². The van der Waals surface area contributed by atoms with Crippen LogP contribution < -0.4 is 10.6 Å². The van der Waals surface area contributed by atoms with Gasteiger partial charge in [0.1, 0.15) is 6.04 Å². The zero-order valence-corrected chi connectivity index (χ0v) is 14.4. The van der Waals surface area contributed by atoms with Crippen molar-refractivity contribution in [3.8, 4) is 0 Å². The first kappa shape index (κ1) is 17.6. The van der Waals surface area contributed by atoms with Crippen molar-refractivity contribution in [2.45, 2.75) is 64.0 Å². The summed E-state index contributed by atoms with van der Waals surface area (Å²) in [6.07, 6.45) is 8.32. The van der Waals surface area contributed by atoms with Gasteiger partial charge in [-0.1, -0.05) is 32.6 Å². The highest BCUT2D eigenvalue weighted by Crippen LogP contribution is 2.21. The van der Waals surface area contributed by atoms with Gasteiger partial charge in [0.05, 0.1) is 5.88 Å². The van der Waals surface area contributed by atoms with Crippen LogP contribution in [0.3, 0.4) is 0 Å². The molecule has 126 valence electrons. The van der Waals surface area contributed by atoms with Crippen LogP contribution in [0.15, 0.2) is 0 Å². The monoisotopic (exact) mass is 327 g/mol. The van der Waals surface area contributed by atoms with E-state index in [-0.39, 0.29) is 17.9 Å². The van der Waals surface area contributed by atoms with E-state index in [4.69, 9.17) is 0 Å². The van der Waals surface area contributed by atoms with Crippen LogP contribution in [0.2, 0.25) is 0 Å². The molecular formula is C16H29N3O2S. The van der Waals surface area contributed by atoms with Gasteiger partial charge in [-0.05, 0) is 12.8 Å². The summed E-state index contributed by atoms with van der Waals surface area (Å²) < 4.78 is 0. The maximum atomic E-state index is 12.2. The Morgan fingerprint density at radius 1 is 1.14 bits per heavy atom. The molecule has 0 radical (unpaired) electrons. The molecule has 1 heterocycles. The number of carbonyl (C=O) groups is 2. The first-order chi connectivity index (χ1) is 10.7. The summed E-state index contributed by atoms with van der Waals surface area (Å²) in [5.74, 6) is 1.43. The summed E-state index contributed by atoms with van der Waals surface area (Å²) >= 11 is 1.66. The summed E-state index contributed by atoms with van der Waals surface area (Å²) in [6.45, 7) is 3.31. The molecule has 2 N–H and O–H groups in total. The van der Waals surface area contributed by atoms with Gasteiger partial charge in [-0.25, -0.2) is 0 Å². The fourth-order valence-electron chi connectivity index (χ4n) is 3.17. The van der Waals surface area contributed by atoms with Crippen molar-refractivity contribution in [2.24, 2.45) is 0 Å². The van der Waals surface area contributed by atoms with E-state index in [1.807, 2.05) is 6.92 Å². The number of amides is 2. The third-order valence-electron chi connectivity index (χ3n) is 4.52. The van der Waals surface area contributed by atoms with E-state index in [1.165, 1.54) is 38.5 Å². The van der Waals surface area contributed by atoms with Gasteiger partial charge in [0.2, 0.25) is 11.8 Å². The van der Waals surface area contributed by atoms with Crippen LogP contribution in [0, 0.1) is 0 Å². The summed E-state index contributed by atoms with van der Waals surface area (Å²) in [4.78, 5) is 25.8. The van der Waals surface area contributed by atoms with Gasteiger partial charge in [-0.3, -0.25) is 9.59 Å². The lowest BCUT2D eigenvalue weighted by Gasteiger charge is -2.23. The molecule has 6 heteroatoms. The van der Waals surface area contributed by atoms with Crippen molar-refractivity contribution in [3.63, 3.8) is 0 Å². The molecule has 2 fully saturated rings. The minimum absolute atomic E-state index is 0.00512. The standard InChI is InChI=1S/C16H29N3O2S/c1-2-15(20)19-12-22-11-14(19)16(21)18-10-9-17-13-7-5-3-4-6-8-13/h13-14,17H,2-12H2,1H3,(H,18,21). The van der Waals surface area contributed by atoms with Crippen LogP contribution in [0.4, 0.5) is 0 Å². The van der Waals surface area contributed by atoms with Gasteiger partial charge >= 0.3 is 0 Å². The molecule has 1 atom stereocenters. The van der Waals surface area contributed by atoms with E-state index in [0.717, 1.165) is 6.54 Å². The molecule has 1 saturated heterocycles. The third-order valence-corrected chi connectivity index (χ3v) is 5.53. The van der Waals surface area contributed by atoms with Gasteiger partial charge < -0.3 is 15.5 Å². The Morgan fingerprint density at radius 2 is 1.86 bits per heavy atom. The van der Waals surface area contributed by atoms with Crippen molar-refractivity contribution in [2.75, 3.05) is 24.7 Å². The highest BCUT2D eigenvalue weighted by molar-refractivity contribution is 7.99. The van der Waals surface area contributed by atoms with Crippen LogP contribution in [0.5, 0.6) is 0 Å². The average Bonchev–Trinajstić information content (AvgIpc) is 2.88. The summed E-state index contributed by atoms with van der Waals surface area (Å²) in [6, 6.07) is 0.329. The maximum Gasteiger partial charge on any atom is 0.243 e. The largest absolute Gasteiger partial charge is 0.353 e. The molecule has 2 rings (SSSR count). The molecule has 1 unspecified atom stereocenters. The Kier molecular flexibility index (Phi) is 7.52. The second-order valence-electron chi connectivity index (χ2n) is 6.17. The molecule has 1 saturated carbocycles. The molecule has 22 heavy (non-hydrogen) atoms. The van der Waals surface area contributed by atoms with E-state index in [0.29, 0.717) is 30.6 Å². The molecule has 0 aromatic rings. The normalized spacial score (nSPS) is 23.3. The van der Waals surface area contributed by atoms with Crippen molar-refractivity contribution in [1.82, 2.24) is 15.5 Å². The second-order valence-corrected chi connectivity index (χ2v) is 7.17. The summed E-state index contributed by atoms with van der Waals surface area (Å²) in [5.41, 5.74) is 0. The molecule has 1 aliphatic carbocycles. The lowest BCUT2D eigenvalue weighted by atomic mass is 10.1. The number of nitrogens with zero attached hydrogens (tertiary/aromatic N) is 1. The minimum atomic E-state index is -0.282. The SMILES string of the molecule is CCC(=O)N1CSCC1C(=O)NCCNC1CCCCCC1. The highest BCUT2D eigenvalue weighted by atomic mass is 32.2. The lowest BCUT2D eigenvalue weighted by molar-refractivity contribution is -0.137. The number of nitrogens with one attached hydrogen (secondary N) is 2. The Labute approximate surface area is 138 Å². The van der Waals surface area contributed by atoms with Crippen LogP contribution in [0.25, 0.3) is 0 Å². The first-order valence-corrected chi connectivity index (χ1v) is 9.76. The average molecular weight is 327 g/mol. The zero-order valence-electron chi connectivity index (χ0n) is 13.6. The van der Waals surface area contributed by atoms with E-state index in [2.05, 4.69) is 10.6 Å². The van der Waals surface area contributed by atoms with Crippen LogP contribution >= 0.6 is 11.8 Å². The molecule has 2 amide bonds. The highest BCUT2D eigenvalue weighted by Gasteiger charge is 2.33. The summed E-state index contributed by atoms with van der Waals surface area (Å²) in [5, 5.41) is 6.53. The Balaban J connectivity index is 1.65. The molecule has 5 nitrogen and oxygen atoms in total. The number of carbonyl (C=O) groups excluding carboxylic acids is 2. The van der Waals surface area contributed by atoms with E-state index < -0.39 is 0 Å². The quantitative estimate of drug-likeness (QED) is 0.576. The van der Waals surface area contributed by atoms with Crippen LogP contribution in [-0.2, 0) is 9.59 Å². The second kappa shape index (κ2) is 9.40. The van der Waals surface area contributed by atoms with Crippen molar-refractivity contribution in [3.05, 3.63) is 0 Å². The number of hydrogen-bond donors (Lipinski definition) is 2. The number of thioether (sulfide) groups is 1. The van der Waals surface area contributed by atoms with Crippen LogP contribution in [0.1, 0.15) is 51.9 Å². The van der Waals surface area contributed by atoms with Crippen molar-refractivity contribution < 1.29 is 9.59 Å². The predicted octanol–water partition coefficient (Wildman–Crippen LogP) is 1.73. The van der Waals surface area contributed by atoms with Gasteiger partial charge in [0.25, 0.3) is 0 Å². The zero-order chi connectivity index (χ0) is 15.8. The summed E-state index contributed by atoms with van der Waals surface area (Å²) in [7, 11) is 0. The Bertz CT molecular complexity index is 370. The first-order valence-electron chi connectivity index (χ1n) is 8.60. The molecule has 0 aromatic carbocycles. The fourth-order valence-corrected chi connectivity index (χ4v) is 4.35. The van der Waals surface area contributed by atoms with Crippen LogP contribution in [-0.4, -0.2) is 53.5 Å². The molecule has 2 aliphatic rings. The Morgan fingerprint density at radius 3 is 2.55 bits per heavy atom. The molecule has 0 spiro atoms. The fraction of sp³-hybridized carbons (Fsp3) is 0.875. The van der Waals surface area contributed by atoms with Crippen molar-refractivity contribution in [1.29, 1.82) is 0 Å². The van der Waals surface area contributed by atoms with Gasteiger partial charge in [-0.2, -0.15) is 0 Å². The third kappa shape index (κ3) is 5.16. The maximum absolute atomic E-state index is 12.2. The predicted molar refractivity (Wildman–Crippen MR) is 90.8 cm³/mol. The molecule has 0 bridgehead atoms. The minimum Gasteiger partial charge on any atom is -0.353 e. The van der Waals surface area contributed by atoms with Gasteiger partial charge in [0.15, 0.2) is 0 Å².